The Morgan fingerprint density at radius 1 is 1.44 bits per heavy atom. The second-order valence-electron chi connectivity index (χ2n) is 3.91. The van der Waals surface area contributed by atoms with Gasteiger partial charge in [-0.3, -0.25) is 5.10 Å². The lowest BCUT2D eigenvalue weighted by atomic mass is 10.3. The summed E-state index contributed by atoms with van der Waals surface area (Å²) in [5.74, 6) is 0. The minimum Gasteiger partial charge on any atom is -0.385 e. The smallest absolute Gasteiger partial charge is 0.260 e. The standard InChI is InChI=1S/C10H20N4O3S/c1-8-9(7-11-2)10(14-13-8)18(15,16)12-5-4-6-17-3/h11-12H,4-7H2,1-3H3,(H,13,14). The Kier molecular flexibility index (Phi) is 5.73. The zero-order chi connectivity index (χ0) is 13.6. The van der Waals surface area contributed by atoms with Crippen LogP contribution in [-0.2, 0) is 21.3 Å². The molecule has 3 N–H and O–H groups in total. The fraction of sp³-hybridized carbons (Fsp3) is 0.700. The molecule has 0 atom stereocenters. The summed E-state index contributed by atoms with van der Waals surface area (Å²) in [6.07, 6.45) is 0.625. The summed E-state index contributed by atoms with van der Waals surface area (Å²) in [6, 6.07) is 0. The third kappa shape index (κ3) is 3.77. The summed E-state index contributed by atoms with van der Waals surface area (Å²) in [4.78, 5) is 0. The molecule has 7 nitrogen and oxygen atoms in total. The zero-order valence-corrected chi connectivity index (χ0v) is 11.7. The van der Waals surface area contributed by atoms with Crippen molar-refractivity contribution < 1.29 is 13.2 Å². The van der Waals surface area contributed by atoms with E-state index in [4.69, 9.17) is 4.74 Å². The lowest BCUT2D eigenvalue weighted by molar-refractivity contribution is 0.196. The molecule has 1 rings (SSSR count). The van der Waals surface area contributed by atoms with Crippen LogP contribution in [0.2, 0.25) is 0 Å². The van der Waals surface area contributed by atoms with Crippen LogP contribution >= 0.6 is 0 Å². The molecule has 0 amide bonds. The third-order valence-corrected chi connectivity index (χ3v) is 3.89. The van der Waals surface area contributed by atoms with Crippen LogP contribution in [0.15, 0.2) is 5.03 Å². The van der Waals surface area contributed by atoms with Crippen molar-refractivity contribution in [3.63, 3.8) is 0 Å². The number of aryl methyl sites for hydroxylation is 1. The van der Waals surface area contributed by atoms with Crippen molar-refractivity contribution in [1.82, 2.24) is 20.2 Å². The van der Waals surface area contributed by atoms with Crippen molar-refractivity contribution in [3.05, 3.63) is 11.3 Å². The van der Waals surface area contributed by atoms with Gasteiger partial charge in [0.1, 0.15) is 0 Å². The first-order valence-electron chi connectivity index (χ1n) is 5.70. The molecule has 0 radical (unpaired) electrons. The van der Waals surface area contributed by atoms with Crippen LogP contribution in [0.25, 0.3) is 0 Å². The highest BCUT2D eigenvalue weighted by Gasteiger charge is 2.22. The molecule has 0 bridgehead atoms. The van der Waals surface area contributed by atoms with Gasteiger partial charge in [0.2, 0.25) is 0 Å². The average Bonchev–Trinajstić information content (AvgIpc) is 2.68. The van der Waals surface area contributed by atoms with E-state index in [2.05, 4.69) is 20.2 Å². The molecule has 0 aliphatic rings. The molecule has 0 spiro atoms. The first-order valence-corrected chi connectivity index (χ1v) is 7.18. The van der Waals surface area contributed by atoms with Gasteiger partial charge >= 0.3 is 0 Å². The molecule has 0 saturated heterocycles. The number of aromatic nitrogens is 2. The Morgan fingerprint density at radius 2 is 2.17 bits per heavy atom. The van der Waals surface area contributed by atoms with E-state index >= 15 is 0 Å². The zero-order valence-electron chi connectivity index (χ0n) is 10.9. The van der Waals surface area contributed by atoms with Crippen molar-refractivity contribution >= 4 is 10.0 Å². The lowest BCUT2D eigenvalue weighted by Gasteiger charge is -2.06. The van der Waals surface area contributed by atoms with E-state index in [0.717, 1.165) is 5.69 Å². The Morgan fingerprint density at radius 3 is 2.78 bits per heavy atom. The second kappa shape index (κ2) is 6.83. The fourth-order valence-electron chi connectivity index (χ4n) is 1.53. The van der Waals surface area contributed by atoms with Crippen molar-refractivity contribution in [2.75, 3.05) is 27.3 Å². The van der Waals surface area contributed by atoms with Gasteiger partial charge in [0.15, 0.2) is 5.03 Å². The molecule has 0 saturated carbocycles. The maximum atomic E-state index is 12.0. The second-order valence-corrected chi connectivity index (χ2v) is 5.59. The van der Waals surface area contributed by atoms with E-state index in [1.807, 2.05) is 0 Å². The molecule has 0 aromatic carbocycles. The Hall–Kier alpha value is -0.960. The van der Waals surface area contributed by atoms with Gasteiger partial charge < -0.3 is 10.1 Å². The number of H-pyrrole nitrogens is 1. The van der Waals surface area contributed by atoms with Gasteiger partial charge in [-0.2, -0.15) is 5.10 Å². The third-order valence-electron chi connectivity index (χ3n) is 2.46. The normalized spacial score (nSPS) is 11.9. The van der Waals surface area contributed by atoms with Gasteiger partial charge in [0.25, 0.3) is 10.0 Å². The van der Waals surface area contributed by atoms with Crippen LogP contribution in [0.1, 0.15) is 17.7 Å². The summed E-state index contributed by atoms with van der Waals surface area (Å²) in [5, 5.41) is 9.54. The maximum Gasteiger partial charge on any atom is 0.260 e. The number of nitrogens with one attached hydrogen (secondary N) is 3. The van der Waals surface area contributed by atoms with Gasteiger partial charge in [0, 0.05) is 38.1 Å². The quantitative estimate of drug-likeness (QED) is 0.569. The molecule has 1 aromatic rings. The molecule has 1 aromatic heterocycles. The highest BCUT2D eigenvalue weighted by Crippen LogP contribution is 2.15. The summed E-state index contributed by atoms with van der Waals surface area (Å²) in [7, 11) is -0.222. The Bertz CT molecular complexity index is 469. The molecule has 104 valence electrons. The van der Waals surface area contributed by atoms with E-state index in [9.17, 15) is 8.42 Å². The minimum absolute atomic E-state index is 0.0618. The highest BCUT2D eigenvalue weighted by atomic mass is 32.2. The molecule has 8 heteroatoms. The van der Waals surface area contributed by atoms with Crippen LogP contribution < -0.4 is 10.0 Å². The molecule has 0 unspecified atom stereocenters. The molecule has 18 heavy (non-hydrogen) atoms. The van der Waals surface area contributed by atoms with Gasteiger partial charge in [-0.15, -0.1) is 0 Å². The van der Waals surface area contributed by atoms with Crippen molar-refractivity contribution in [3.8, 4) is 0 Å². The predicted octanol–water partition coefficient (Wildman–Crippen LogP) is -0.248. The van der Waals surface area contributed by atoms with Gasteiger partial charge in [-0.25, -0.2) is 13.1 Å². The van der Waals surface area contributed by atoms with Gasteiger partial charge in [-0.1, -0.05) is 0 Å². The number of methoxy groups -OCH3 is 1. The van der Waals surface area contributed by atoms with Crippen LogP contribution in [-0.4, -0.2) is 45.9 Å². The van der Waals surface area contributed by atoms with Crippen LogP contribution in [0.4, 0.5) is 0 Å². The van der Waals surface area contributed by atoms with Gasteiger partial charge in [0.05, 0.1) is 0 Å². The van der Waals surface area contributed by atoms with Crippen LogP contribution in [0, 0.1) is 6.92 Å². The summed E-state index contributed by atoms with van der Waals surface area (Å²) in [6.45, 7) is 3.10. The number of hydrogen-bond acceptors (Lipinski definition) is 5. The largest absolute Gasteiger partial charge is 0.385 e. The molecular weight excluding hydrogens is 256 g/mol. The summed E-state index contributed by atoms with van der Waals surface area (Å²) in [5.41, 5.74) is 1.42. The van der Waals surface area contributed by atoms with E-state index in [0.29, 0.717) is 31.7 Å². The molecule has 0 fully saturated rings. The van der Waals surface area contributed by atoms with E-state index in [-0.39, 0.29) is 5.03 Å². The summed E-state index contributed by atoms with van der Waals surface area (Å²) >= 11 is 0. The Labute approximate surface area is 107 Å². The topological polar surface area (TPSA) is 96.1 Å². The number of ether oxygens (including phenoxy) is 1. The average molecular weight is 276 g/mol. The maximum absolute atomic E-state index is 12.0. The SMILES string of the molecule is CNCc1c(S(=O)(=O)NCCCOC)n[nH]c1C. The fourth-order valence-corrected chi connectivity index (χ4v) is 2.79. The van der Waals surface area contributed by atoms with Crippen molar-refractivity contribution in [2.45, 2.75) is 24.9 Å². The number of aromatic amines is 1. The number of rotatable bonds is 8. The van der Waals surface area contributed by atoms with Crippen LogP contribution in [0.5, 0.6) is 0 Å². The molecule has 0 aliphatic heterocycles. The summed E-state index contributed by atoms with van der Waals surface area (Å²) < 4.78 is 31.5. The minimum atomic E-state index is -3.56. The van der Waals surface area contributed by atoms with E-state index < -0.39 is 10.0 Å². The van der Waals surface area contributed by atoms with E-state index in [1.165, 1.54) is 0 Å². The van der Waals surface area contributed by atoms with Crippen LogP contribution in [0.3, 0.4) is 0 Å². The van der Waals surface area contributed by atoms with E-state index in [1.54, 1.807) is 21.1 Å². The first kappa shape index (κ1) is 15.1. The lowest BCUT2D eigenvalue weighted by Crippen LogP contribution is -2.27. The van der Waals surface area contributed by atoms with Gasteiger partial charge in [-0.05, 0) is 20.4 Å². The monoisotopic (exact) mass is 276 g/mol. The van der Waals surface area contributed by atoms with Crippen molar-refractivity contribution in [2.24, 2.45) is 0 Å². The number of hydrogen-bond donors (Lipinski definition) is 3. The number of nitrogens with zero attached hydrogens (tertiary/aromatic N) is 1. The predicted molar refractivity (Wildman–Crippen MR) is 67.8 cm³/mol. The molecular formula is C10H20N4O3S. The van der Waals surface area contributed by atoms with Crippen molar-refractivity contribution in [1.29, 1.82) is 0 Å². The number of sulfonamides is 1. The first-order chi connectivity index (χ1) is 8.53. The molecule has 0 aliphatic carbocycles. The molecule has 1 heterocycles. The Balaban J connectivity index is 2.78. The highest BCUT2D eigenvalue weighted by molar-refractivity contribution is 7.89.